The first-order valence-corrected chi connectivity index (χ1v) is 8.01. The molecular formula is C19H17N5O. The normalized spacial score (nSPS) is 10.9. The van der Waals surface area contributed by atoms with Crippen LogP contribution in [-0.4, -0.2) is 24.6 Å². The van der Waals surface area contributed by atoms with Crippen LogP contribution in [0.2, 0.25) is 0 Å². The number of fused-ring (bicyclic) bond motifs is 1. The first-order valence-electron chi connectivity index (χ1n) is 8.01. The Morgan fingerprint density at radius 3 is 2.64 bits per heavy atom. The quantitative estimate of drug-likeness (QED) is 0.588. The minimum atomic E-state index is -0.0165. The summed E-state index contributed by atoms with van der Waals surface area (Å²) in [5.74, 6) is 1.28. The molecule has 0 spiro atoms. The lowest BCUT2D eigenvalue weighted by Gasteiger charge is -2.12. The SMILES string of the molecule is OCc1ccc2nc(-n3ccnc3)nc(NCc3ccccc3)c2c1. The van der Waals surface area contributed by atoms with Gasteiger partial charge in [0.2, 0.25) is 5.95 Å². The Balaban J connectivity index is 1.78. The van der Waals surface area contributed by atoms with Crippen LogP contribution in [0.5, 0.6) is 0 Å². The molecule has 0 unspecified atom stereocenters. The lowest BCUT2D eigenvalue weighted by Crippen LogP contribution is -2.07. The van der Waals surface area contributed by atoms with Crippen molar-refractivity contribution in [2.75, 3.05) is 5.32 Å². The number of aliphatic hydroxyl groups excluding tert-OH is 1. The van der Waals surface area contributed by atoms with Gasteiger partial charge in [0, 0.05) is 24.3 Å². The second-order valence-corrected chi connectivity index (χ2v) is 5.69. The van der Waals surface area contributed by atoms with Gasteiger partial charge in [-0.3, -0.25) is 4.57 Å². The van der Waals surface area contributed by atoms with Crippen LogP contribution in [0.4, 0.5) is 5.82 Å². The summed E-state index contributed by atoms with van der Waals surface area (Å²) in [5.41, 5.74) is 2.80. The number of nitrogens with zero attached hydrogens (tertiary/aromatic N) is 4. The molecular weight excluding hydrogens is 314 g/mol. The molecule has 0 amide bonds. The molecule has 2 aromatic carbocycles. The average Bonchev–Trinajstić information content (AvgIpc) is 3.21. The van der Waals surface area contributed by atoms with Crippen LogP contribution in [0.25, 0.3) is 16.9 Å². The molecule has 124 valence electrons. The molecule has 0 aliphatic carbocycles. The minimum absolute atomic E-state index is 0.0165. The maximum Gasteiger partial charge on any atom is 0.237 e. The van der Waals surface area contributed by atoms with Gasteiger partial charge in [-0.05, 0) is 23.3 Å². The first kappa shape index (κ1) is 15.3. The number of nitrogens with one attached hydrogen (secondary N) is 1. The van der Waals surface area contributed by atoms with Crippen molar-refractivity contribution < 1.29 is 5.11 Å². The lowest BCUT2D eigenvalue weighted by atomic mass is 10.1. The Bertz CT molecular complexity index is 984. The second-order valence-electron chi connectivity index (χ2n) is 5.69. The molecule has 25 heavy (non-hydrogen) atoms. The number of hydrogen-bond donors (Lipinski definition) is 2. The van der Waals surface area contributed by atoms with E-state index in [4.69, 9.17) is 0 Å². The summed E-state index contributed by atoms with van der Waals surface area (Å²) in [4.78, 5) is 13.3. The molecule has 4 rings (SSSR count). The maximum absolute atomic E-state index is 9.43. The summed E-state index contributed by atoms with van der Waals surface area (Å²) in [5, 5.41) is 13.7. The molecule has 0 aliphatic rings. The molecule has 2 N–H and O–H groups in total. The van der Waals surface area contributed by atoms with E-state index in [0.29, 0.717) is 12.5 Å². The van der Waals surface area contributed by atoms with Gasteiger partial charge in [-0.15, -0.1) is 0 Å². The van der Waals surface area contributed by atoms with Crippen LogP contribution in [-0.2, 0) is 13.2 Å². The van der Waals surface area contributed by atoms with Crippen molar-refractivity contribution in [2.45, 2.75) is 13.2 Å². The van der Waals surface area contributed by atoms with E-state index in [2.05, 4.69) is 32.4 Å². The zero-order valence-electron chi connectivity index (χ0n) is 13.5. The van der Waals surface area contributed by atoms with E-state index in [1.54, 1.807) is 17.1 Å². The standard InChI is InChI=1S/C19H17N5O/c25-12-15-6-7-17-16(10-15)18(21-11-14-4-2-1-3-5-14)23-19(22-17)24-9-8-20-13-24/h1-10,13,25H,11-12H2,(H,21,22,23). The molecule has 2 aromatic heterocycles. The highest BCUT2D eigenvalue weighted by Gasteiger charge is 2.10. The number of anilines is 1. The third kappa shape index (κ3) is 3.20. The molecule has 4 aromatic rings. The van der Waals surface area contributed by atoms with Crippen molar-refractivity contribution in [3.63, 3.8) is 0 Å². The van der Waals surface area contributed by atoms with Gasteiger partial charge in [-0.25, -0.2) is 9.97 Å². The minimum Gasteiger partial charge on any atom is -0.392 e. The highest BCUT2D eigenvalue weighted by molar-refractivity contribution is 5.90. The predicted molar refractivity (Wildman–Crippen MR) is 96.4 cm³/mol. The van der Waals surface area contributed by atoms with E-state index in [-0.39, 0.29) is 6.61 Å². The summed E-state index contributed by atoms with van der Waals surface area (Å²) >= 11 is 0. The lowest BCUT2D eigenvalue weighted by molar-refractivity contribution is 0.282. The Labute approximate surface area is 144 Å². The first-order chi connectivity index (χ1) is 12.3. The van der Waals surface area contributed by atoms with E-state index in [9.17, 15) is 5.11 Å². The number of hydrogen-bond acceptors (Lipinski definition) is 5. The largest absolute Gasteiger partial charge is 0.392 e. The van der Waals surface area contributed by atoms with Crippen molar-refractivity contribution in [2.24, 2.45) is 0 Å². The molecule has 2 heterocycles. The van der Waals surface area contributed by atoms with Gasteiger partial charge in [0.15, 0.2) is 0 Å². The van der Waals surface area contributed by atoms with Gasteiger partial charge in [0.1, 0.15) is 12.1 Å². The van der Waals surface area contributed by atoms with Crippen LogP contribution < -0.4 is 5.32 Å². The van der Waals surface area contributed by atoms with E-state index in [1.165, 1.54) is 0 Å². The maximum atomic E-state index is 9.43. The summed E-state index contributed by atoms with van der Waals surface area (Å²) in [7, 11) is 0. The molecule has 0 saturated carbocycles. The molecule has 0 bridgehead atoms. The topological polar surface area (TPSA) is 75.9 Å². The van der Waals surface area contributed by atoms with Gasteiger partial charge in [0.05, 0.1) is 12.1 Å². The molecule has 6 nitrogen and oxygen atoms in total. The number of benzene rings is 2. The van der Waals surface area contributed by atoms with Crippen molar-refractivity contribution in [3.8, 4) is 5.95 Å². The van der Waals surface area contributed by atoms with Gasteiger partial charge < -0.3 is 10.4 Å². The van der Waals surface area contributed by atoms with Crippen molar-refractivity contribution in [1.82, 2.24) is 19.5 Å². The van der Waals surface area contributed by atoms with Crippen LogP contribution in [0.1, 0.15) is 11.1 Å². The summed E-state index contributed by atoms with van der Waals surface area (Å²) in [6, 6.07) is 15.8. The highest BCUT2D eigenvalue weighted by Crippen LogP contribution is 2.24. The van der Waals surface area contributed by atoms with Crippen LogP contribution in [0, 0.1) is 0 Å². The van der Waals surface area contributed by atoms with E-state index < -0.39 is 0 Å². The number of imidazole rings is 1. The molecule has 0 aliphatic heterocycles. The Morgan fingerprint density at radius 1 is 1.00 bits per heavy atom. The zero-order valence-corrected chi connectivity index (χ0v) is 13.5. The number of rotatable bonds is 5. The van der Waals surface area contributed by atoms with Crippen LogP contribution >= 0.6 is 0 Å². The van der Waals surface area contributed by atoms with Crippen molar-refractivity contribution in [3.05, 3.63) is 78.4 Å². The highest BCUT2D eigenvalue weighted by atomic mass is 16.3. The predicted octanol–water partition coefficient (Wildman–Crippen LogP) is 2.92. The molecule has 6 heteroatoms. The molecule has 0 radical (unpaired) electrons. The van der Waals surface area contributed by atoms with Crippen molar-refractivity contribution in [1.29, 1.82) is 0 Å². The summed E-state index contributed by atoms with van der Waals surface area (Å²) in [6.07, 6.45) is 5.17. The number of aromatic nitrogens is 4. The van der Waals surface area contributed by atoms with E-state index in [1.807, 2.05) is 42.6 Å². The second kappa shape index (κ2) is 6.70. The number of aliphatic hydroxyl groups is 1. The fourth-order valence-electron chi connectivity index (χ4n) is 2.67. The summed E-state index contributed by atoms with van der Waals surface area (Å²) in [6.45, 7) is 0.636. The Kier molecular flexibility index (Phi) is 4.10. The van der Waals surface area contributed by atoms with Gasteiger partial charge in [0.25, 0.3) is 0 Å². The van der Waals surface area contributed by atoms with Crippen LogP contribution in [0.3, 0.4) is 0 Å². The Morgan fingerprint density at radius 2 is 1.88 bits per heavy atom. The van der Waals surface area contributed by atoms with Crippen molar-refractivity contribution >= 4 is 16.7 Å². The van der Waals surface area contributed by atoms with Crippen LogP contribution in [0.15, 0.2) is 67.3 Å². The van der Waals surface area contributed by atoms with E-state index in [0.717, 1.165) is 27.8 Å². The molecule has 0 saturated heterocycles. The molecule has 0 atom stereocenters. The van der Waals surface area contributed by atoms with Gasteiger partial charge in [-0.2, -0.15) is 4.98 Å². The third-order valence-corrected chi connectivity index (χ3v) is 3.97. The van der Waals surface area contributed by atoms with Gasteiger partial charge >= 0.3 is 0 Å². The Hall–Kier alpha value is -3.25. The summed E-state index contributed by atoms with van der Waals surface area (Å²) < 4.78 is 1.77. The smallest absolute Gasteiger partial charge is 0.237 e. The zero-order chi connectivity index (χ0) is 17.1. The molecule has 0 fully saturated rings. The van der Waals surface area contributed by atoms with Gasteiger partial charge in [-0.1, -0.05) is 36.4 Å². The monoisotopic (exact) mass is 331 g/mol. The fourth-order valence-corrected chi connectivity index (χ4v) is 2.67. The third-order valence-electron chi connectivity index (χ3n) is 3.97. The average molecular weight is 331 g/mol. The van der Waals surface area contributed by atoms with E-state index >= 15 is 0 Å². The fraction of sp³-hybridized carbons (Fsp3) is 0.105.